The van der Waals surface area contributed by atoms with Crippen molar-refractivity contribution in [3.05, 3.63) is 86.7 Å². The third kappa shape index (κ3) is 4.13. The van der Waals surface area contributed by atoms with Crippen LogP contribution in [0.2, 0.25) is 0 Å². The molecule has 0 spiro atoms. The van der Waals surface area contributed by atoms with Gasteiger partial charge in [0.1, 0.15) is 5.82 Å². The SMILES string of the molecule is O=c1[nH]c(C[C@H]2CC[C@H](Cc3ccc(-n4ccccc4=O)cn3)C2)ncc1C1CC1. The molecular formula is C24H26N4O2. The number of pyridine rings is 2. The maximum absolute atomic E-state index is 12.2. The first kappa shape index (κ1) is 19.0. The summed E-state index contributed by atoms with van der Waals surface area (Å²) in [5.74, 6) is 2.42. The fourth-order valence-electron chi connectivity index (χ4n) is 4.67. The normalized spacial score (nSPS) is 21.1. The largest absolute Gasteiger partial charge is 0.310 e. The molecule has 0 unspecified atom stereocenters. The average molecular weight is 402 g/mol. The summed E-state index contributed by atoms with van der Waals surface area (Å²) in [6.07, 6.45) is 12.8. The van der Waals surface area contributed by atoms with Crippen LogP contribution < -0.4 is 11.1 Å². The van der Waals surface area contributed by atoms with Crippen molar-refractivity contribution in [1.82, 2.24) is 19.5 Å². The maximum Gasteiger partial charge on any atom is 0.255 e. The fraction of sp³-hybridized carbons (Fsp3) is 0.417. The van der Waals surface area contributed by atoms with Crippen molar-refractivity contribution < 1.29 is 0 Å². The van der Waals surface area contributed by atoms with Crippen LogP contribution in [0.4, 0.5) is 0 Å². The molecule has 2 fully saturated rings. The summed E-state index contributed by atoms with van der Waals surface area (Å²) in [5.41, 5.74) is 2.71. The Morgan fingerprint density at radius 3 is 2.47 bits per heavy atom. The molecule has 3 heterocycles. The van der Waals surface area contributed by atoms with E-state index >= 15 is 0 Å². The first-order valence-corrected chi connectivity index (χ1v) is 10.9. The van der Waals surface area contributed by atoms with Crippen molar-refractivity contribution >= 4 is 0 Å². The smallest absolute Gasteiger partial charge is 0.255 e. The Hall–Kier alpha value is -3.02. The van der Waals surface area contributed by atoms with Crippen LogP contribution in [0.25, 0.3) is 5.69 Å². The van der Waals surface area contributed by atoms with E-state index in [1.807, 2.05) is 18.2 Å². The van der Waals surface area contributed by atoms with Crippen molar-refractivity contribution in [2.24, 2.45) is 11.8 Å². The summed E-state index contributed by atoms with van der Waals surface area (Å²) in [4.78, 5) is 36.3. The molecule has 6 nitrogen and oxygen atoms in total. The van der Waals surface area contributed by atoms with Crippen LogP contribution in [0.3, 0.4) is 0 Å². The van der Waals surface area contributed by atoms with Crippen molar-refractivity contribution in [1.29, 1.82) is 0 Å². The lowest BCUT2D eigenvalue weighted by molar-refractivity contribution is 0.476. The number of nitrogens with one attached hydrogen (secondary N) is 1. The van der Waals surface area contributed by atoms with Gasteiger partial charge in [0.15, 0.2) is 0 Å². The lowest BCUT2D eigenvalue weighted by atomic mass is 9.97. The zero-order valence-corrected chi connectivity index (χ0v) is 17.0. The van der Waals surface area contributed by atoms with Gasteiger partial charge in [0.2, 0.25) is 0 Å². The Balaban J connectivity index is 1.18. The summed E-state index contributed by atoms with van der Waals surface area (Å²) >= 11 is 0. The van der Waals surface area contributed by atoms with E-state index < -0.39 is 0 Å². The van der Waals surface area contributed by atoms with Gasteiger partial charge >= 0.3 is 0 Å². The molecule has 2 aliphatic carbocycles. The first-order chi connectivity index (χ1) is 14.7. The van der Waals surface area contributed by atoms with E-state index in [0.717, 1.165) is 61.3 Å². The van der Waals surface area contributed by atoms with Gasteiger partial charge in [-0.05, 0) is 74.5 Å². The molecule has 0 amide bonds. The standard InChI is InChI=1S/C24H26N4O2/c29-23-3-1-2-10-28(23)20-9-8-19(25-14-20)12-16-4-5-17(11-16)13-22-26-15-21(18-6-7-18)24(30)27-22/h1-3,8-10,14-18H,4-7,11-13H2,(H,26,27,30)/t16-,17-/m0/s1. The monoisotopic (exact) mass is 402 g/mol. The minimum absolute atomic E-state index is 0.0532. The zero-order valence-electron chi connectivity index (χ0n) is 17.0. The summed E-state index contributed by atoms with van der Waals surface area (Å²) < 4.78 is 1.60. The van der Waals surface area contributed by atoms with E-state index in [1.165, 1.54) is 6.42 Å². The molecule has 6 heteroatoms. The molecule has 2 atom stereocenters. The number of hydrogen-bond donors (Lipinski definition) is 1. The van der Waals surface area contributed by atoms with Gasteiger partial charge in [-0.15, -0.1) is 0 Å². The van der Waals surface area contributed by atoms with E-state index in [9.17, 15) is 9.59 Å². The quantitative estimate of drug-likeness (QED) is 0.685. The summed E-state index contributed by atoms with van der Waals surface area (Å²) in [7, 11) is 0. The minimum Gasteiger partial charge on any atom is -0.310 e. The molecule has 0 saturated heterocycles. The van der Waals surface area contributed by atoms with Gasteiger partial charge in [-0.3, -0.25) is 19.1 Å². The molecule has 2 aliphatic rings. The molecule has 154 valence electrons. The van der Waals surface area contributed by atoms with E-state index in [-0.39, 0.29) is 11.1 Å². The lowest BCUT2D eigenvalue weighted by Gasteiger charge is -2.12. The highest BCUT2D eigenvalue weighted by molar-refractivity contribution is 5.30. The molecule has 0 radical (unpaired) electrons. The molecule has 0 aromatic carbocycles. The third-order valence-electron chi connectivity index (χ3n) is 6.44. The molecule has 30 heavy (non-hydrogen) atoms. The van der Waals surface area contributed by atoms with Crippen molar-refractivity contribution in [2.75, 3.05) is 0 Å². The Morgan fingerprint density at radius 2 is 1.77 bits per heavy atom. The highest BCUT2D eigenvalue weighted by atomic mass is 16.1. The second-order valence-corrected chi connectivity index (χ2v) is 8.76. The van der Waals surface area contributed by atoms with Crippen LogP contribution in [-0.4, -0.2) is 19.5 Å². The molecule has 1 N–H and O–H groups in total. The van der Waals surface area contributed by atoms with Crippen molar-refractivity contribution in [3.8, 4) is 5.69 Å². The molecule has 5 rings (SSSR count). The predicted molar refractivity (Wildman–Crippen MR) is 115 cm³/mol. The third-order valence-corrected chi connectivity index (χ3v) is 6.44. The average Bonchev–Trinajstić information content (AvgIpc) is 3.50. The van der Waals surface area contributed by atoms with Gasteiger partial charge in [-0.25, -0.2) is 4.98 Å². The first-order valence-electron chi connectivity index (χ1n) is 10.9. The molecular weight excluding hydrogens is 376 g/mol. The summed E-state index contributed by atoms with van der Waals surface area (Å²) in [5, 5.41) is 0. The van der Waals surface area contributed by atoms with Crippen LogP contribution in [0.15, 0.2) is 58.5 Å². The minimum atomic E-state index is -0.0532. The van der Waals surface area contributed by atoms with Crippen LogP contribution in [0, 0.1) is 11.8 Å². The number of hydrogen-bond acceptors (Lipinski definition) is 4. The van der Waals surface area contributed by atoms with Crippen LogP contribution in [-0.2, 0) is 12.8 Å². The van der Waals surface area contributed by atoms with Crippen molar-refractivity contribution in [2.45, 2.75) is 50.9 Å². The lowest BCUT2D eigenvalue weighted by Crippen LogP contribution is -2.17. The molecule has 0 aliphatic heterocycles. The second-order valence-electron chi connectivity index (χ2n) is 8.76. The highest BCUT2D eigenvalue weighted by Crippen LogP contribution is 2.38. The highest BCUT2D eigenvalue weighted by Gasteiger charge is 2.28. The van der Waals surface area contributed by atoms with Gasteiger partial charge in [-0.2, -0.15) is 0 Å². The van der Waals surface area contributed by atoms with E-state index in [2.05, 4.69) is 15.0 Å². The van der Waals surface area contributed by atoms with E-state index in [1.54, 1.807) is 35.3 Å². The number of aromatic nitrogens is 4. The summed E-state index contributed by atoms with van der Waals surface area (Å²) in [6.45, 7) is 0. The molecule has 3 aromatic heterocycles. The van der Waals surface area contributed by atoms with Gasteiger partial charge in [0.25, 0.3) is 11.1 Å². The van der Waals surface area contributed by atoms with Crippen molar-refractivity contribution in [3.63, 3.8) is 0 Å². The second kappa shape index (κ2) is 8.01. The van der Waals surface area contributed by atoms with Gasteiger partial charge in [-0.1, -0.05) is 6.07 Å². The Kier molecular flexibility index (Phi) is 5.07. The van der Waals surface area contributed by atoms with E-state index in [4.69, 9.17) is 0 Å². The van der Waals surface area contributed by atoms with Crippen LogP contribution in [0.5, 0.6) is 0 Å². The molecule has 0 bridgehead atoms. The van der Waals surface area contributed by atoms with Crippen LogP contribution >= 0.6 is 0 Å². The van der Waals surface area contributed by atoms with Gasteiger partial charge in [0, 0.05) is 36.1 Å². The number of aromatic amines is 1. The summed E-state index contributed by atoms with van der Waals surface area (Å²) in [6, 6.07) is 9.12. The number of rotatable bonds is 6. The van der Waals surface area contributed by atoms with Gasteiger partial charge in [0.05, 0.1) is 11.9 Å². The number of H-pyrrole nitrogens is 1. The zero-order chi connectivity index (χ0) is 20.5. The van der Waals surface area contributed by atoms with E-state index in [0.29, 0.717) is 17.8 Å². The topological polar surface area (TPSA) is 80.6 Å². The predicted octanol–water partition coefficient (Wildman–Crippen LogP) is 3.39. The Bertz CT molecular complexity index is 1140. The van der Waals surface area contributed by atoms with Gasteiger partial charge < -0.3 is 4.98 Å². The molecule has 2 saturated carbocycles. The van der Waals surface area contributed by atoms with Crippen LogP contribution in [0.1, 0.15) is 55.1 Å². The number of nitrogens with zero attached hydrogens (tertiary/aromatic N) is 3. The Morgan fingerprint density at radius 1 is 0.933 bits per heavy atom. The molecule has 3 aromatic rings. The Labute approximate surface area is 175 Å². The maximum atomic E-state index is 12.2. The fourth-order valence-corrected chi connectivity index (χ4v) is 4.67.